The van der Waals surface area contributed by atoms with Gasteiger partial charge in [-0.1, -0.05) is 66.4 Å². The largest absolute Gasteiger partial charge is 0.369 e. The Hall–Kier alpha value is -3.15. The molecule has 0 spiro atoms. The molecule has 1 atom stereocenters. The number of fused-ring (bicyclic) bond motifs is 2. The summed E-state index contributed by atoms with van der Waals surface area (Å²) in [7, 11) is 0. The van der Waals surface area contributed by atoms with Crippen molar-refractivity contribution < 1.29 is 9.90 Å². The van der Waals surface area contributed by atoms with Crippen LogP contribution in [-0.4, -0.2) is 10.9 Å². The lowest BCUT2D eigenvalue weighted by Gasteiger charge is -2.34. The number of aryl methyl sites for hydroxylation is 2. The van der Waals surface area contributed by atoms with Crippen LogP contribution >= 0.6 is 0 Å². The molecule has 1 aliphatic rings. The normalized spacial score (nSPS) is 17.7. The van der Waals surface area contributed by atoms with Crippen LogP contribution in [0.5, 0.6) is 0 Å². The van der Waals surface area contributed by atoms with E-state index in [1.807, 2.05) is 68.4 Å². The van der Waals surface area contributed by atoms with Gasteiger partial charge in [-0.3, -0.25) is 4.79 Å². The van der Waals surface area contributed by atoms with Gasteiger partial charge in [0.2, 0.25) is 0 Å². The van der Waals surface area contributed by atoms with Crippen LogP contribution in [0.25, 0.3) is 0 Å². The van der Waals surface area contributed by atoms with Crippen molar-refractivity contribution in [1.82, 2.24) is 0 Å². The van der Waals surface area contributed by atoms with Gasteiger partial charge in [0.15, 0.2) is 11.4 Å². The van der Waals surface area contributed by atoms with E-state index in [1.165, 1.54) is 0 Å². The molecular weight excluding hydrogens is 320 g/mol. The number of carbonyl (C=O) groups is 1. The molecule has 0 amide bonds. The van der Waals surface area contributed by atoms with Crippen LogP contribution < -0.4 is 0 Å². The Morgan fingerprint density at radius 2 is 1.50 bits per heavy atom. The molecular formula is C24H18O2. The number of ketones is 1. The third kappa shape index (κ3) is 2.37. The maximum atomic E-state index is 13.1. The highest BCUT2D eigenvalue weighted by Gasteiger charge is 2.42. The minimum Gasteiger partial charge on any atom is -0.369 e. The fraction of sp³-hybridized carbons (Fsp3) is 0.125. The van der Waals surface area contributed by atoms with Gasteiger partial charge in [-0.2, -0.15) is 0 Å². The van der Waals surface area contributed by atoms with Crippen LogP contribution in [0.15, 0.2) is 66.7 Å². The van der Waals surface area contributed by atoms with Crippen LogP contribution in [0.2, 0.25) is 0 Å². The van der Waals surface area contributed by atoms with Crippen LogP contribution in [0.1, 0.15) is 43.7 Å². The molecule has 1 N–H and O–H groups in total. The van der Waals surface area contributed by atoms with Gasteiger partial charge in [-0.25, -0.2) is 0 Å². The molecule has 0 saturated heterocycles. The van der Waals surface area contributed by atoms with Crippen LogP contribution in [0.3, 0.4) is 0 Å². The SMILES string of the molecule is Cc1ccc(C)c2c1C(=O)c1ccccc1C2(O)C#Cc1ccccc1. The van der Waals surface area contributed by atoms with Crippen molar-refractivity contribution in [2.24, 2.45) is 0 Å². The average Bonchev–Trinajstić information content (AvgIpc) is 2.67. The molecule has 0 aliphatic heterocycles. The van der Waals surface area contributed by atoms with Gasteiger partial charge in [0.1, 0.15) is 0 Å². The van der Waals surface area contributed by atoms with E-state index in [2.05, 4.69) is 11.8 Å². The van der Waals surface area contributed by atoms with Gasteiger partial charge in [0, 0.05) is 27.8 Å². The maximum Gasteiger partial charge on any atom is 0.194 e. The summed E-state index contributed by atoms with van der Waals surface area (Å²) in [6, 6.07) is 20.6. The molecule has 3 aromatic rings. The number of aliphatic hydroxyl groups is 1. The number of benzene rings is 3. The second-order valence-electron chi connectivity index (χ2n) is 6.65. The van der Waals surface area contributed by atoms with Crippen LogP contribution in [-0.2, 0) is 5.60 Å². The monoisotopic (exact) mass is 338 g/mol. The minimum absolute atomic E-state index is 0.0528. The molecule has 0 aromatic heterocycles. The van der Waals surface area contributed by atoms with Gasteiger partial charge < -0.3 is 5.11 Å². The standard InChI is InChI=1S/C24H18O2/c1-16-12-13-17(2)22-21(16)23(25)19-10-6-7-11-20(19)24(22,26)15-14-18-8-4-3-5-9-18/h3-13,26H,1-2H3. The zero-order valence-corrected chi connectivity index (χ0v) is 14.7. The zero-order valence-electron chi connectivity index (χ0n) is 14.7. The lowest BCUT2D eigenvalue weighted by atomic mass is 9.71. The Balaban J connectivity index is 2.04. The third-order valence-electron chi connectivity index (χ3n) is 4.93. The molecule has 2 nitrogen and oxygen atoms in total. The van der Waals surface area contributed by atoms with E-state index in [0.717, 1.165) is 16.7 Å². The maximum absolute atomic E-state index is 13.1. The van der Waals surface area contributed by atoms with Crippen molar-refractivity contribution in [2.45, 2.75) is 19.4 Å². The summed E-state index contributed by atoms with van der Waals surface area (Å²) in [6.45, 7) is 3.81. The first-order valence-electron chi connectivity index (χ1n) is 8.58. The quantitative estimate of drug-likeness (QED) is 0.626. The Kier molecular flexibility index (Phi) is 3.76. The van der Waals surface area contributed by atoms with E-state index >= 15 is 0 Å². The average molecular weight is 338 g/mol. The molecule has 0 fully saturated rings. The van der Waals surface area contributed by atoms with E-state index in [9.17, 15) is 9.90 Å². The molecule has 1 unspecified atom stereocenters. The second kappa shape index (κ2) is 5.98. The molecule has 26 heavy (non-hydrogen) atoms. The molecule has 0 saturated carbocycles. The minimum atomic E-state index is -1.52. The molecule has 0 radical (unpaired) electrons. The lowest BCUT2D eigenvalue weighted by molar-refractivity contribution is 0.0978. The highest BCUT2D eigenvalue weighted by molar-refractivity contribution is 6.14. The summed E-state index contributed by atoms with van der Waals surface area (Å²) in [5.41, 5.74) is 3.24. The zero-order chi connectivity index (χ0) is 18.3. The molecule has 2 heteroatoms. The Morgan fingerprint density at radius 1 is 0.846 bits per heavy atom. The van der Waals surface area contributed by atoms with Gasteiger partial charge in [0.25, 0.3) is 0 Å². The summed E-state index contributed by atoms with van der Waals surface area (Å²) in [6.07, 6.45) is 0. The van der Waals surface area contributed by atoms with E-state index in [0.29, 0.717) is 22.3 Å². The predicted octanol–water partition coefficient (Wildman–Crippen LogP) is 4.14. The molecule has 1 aliphatic carbocycles. The van der Waals surface area contributed by atoms with E-state index in [4.69, 9.17) is 0 Å². The van der Waals surface area contributed by atoms with Crippen molar-refractivity contribution >= 4 is 5.78 Å². The van der Waals surface area contributed by atoms with Crippen molar-refractivity contribution in [1.29, 1.82) is 0 Å². The van der Waals surface area contributed by atoms with Gasteiger partial charge in [-0.15, -0.1) is 0 Å². The first kappa shape index (κ1) is 16.3. The molecule has 3 aromatic carbocycles. The number of hydrogen-bond donors (Lipinski definition) is 1. The summed E-state index contributed by atoms with van der Waals surface area (Å²) in [5, 5.41) is 11.7. The Morgan fingerprint density at radius 3 is 2.27 bits per heavy atom. The topological polar surface area (TPSA) is 37.3 Å². The van der Waals surface area contributed by atoms with Crippen molar-refractivity contribution in [3.05, 3.63) is 106 Å². The van der Waals surface area contributed by atoms with Crippen LogP contribution in [0.4, 0.5) is 0 Å². The predicted molar refractivity (Wildman–Crippen MR) is 102 cm³/mol. The fourth-order valence-corrected chi connectivity index (χ4v) is 3.65. The van der Waals surface area contributed by atoms with E-state index < -0.39 is 5.60 Å². The fourth-order valence-electron chi connectivity index (χ4n) is 3.65. The third-order valence-corrected chi connectivity index (χ3v) is 4.93. The van der Waals surface area contributed by atoms with E-state index in [-0.39, 0.29) is 5.78 Å². The summed E-state index contributed by atoms with van der Waals surface area (Å²) in [4.78, 5) is 13.1. The smallest absolute Gasteiger partial charge is 0.194 e. The summed E-state index contributed by atoms with van der Waals surface area (Å²) >= 11 is 0. The second-order valence-corrected chi connectivity index (χ2v) is 6.65. The number of carbonyl (C=O) groups excluding carboxylic acids is 1. The van der Waals surface area contributed by atoms with Gasteiger partial charge in [-0.05, 0) is 37.1 Å². The van der Waals surface area contributed by atoms with Crippen molar-refractivity contribution in [3.63, 3.8) is 0 Å². The molecule has 0 bridgehead atoms. The highest BCUT2D eigenvalue weighted by Crippen LogP contribution is 2.42. The van der Waals surface area contributed by atoms with E-state index in [1.54, 1.807) is 12.1 Å². The summed E-state index contributed by atoms with van der Waals surface area (Å²) in [5.74, 6) is 6.10. The molecule has 4 rings (SSSR count). The Bertz CT molecular complexity index is 1080. The van der Waals surface area contributed by atoms with Crippen molar-refractivity contribution in [3.8, 4) is 11.8 Å². The highest BCUT2D eigenvalue weighted by atomic mass is 16.3. The van der Waals surface area contributed by atoms with Crippen molar-refractivity contribution in [2.75, 3.05) is 0 Å². The summed E-state index contributed by atoms with van der Waals surface area (Å²) < 4.78 is 0. The van der Waals surface area contributed by atoms with Crippen LogP contribution in [0, 0.1) is 25.7 Å². The number of rotatable bonds is 0. The van der Waals surface area contributed by atoms with Gasteiger partial charge >= 0.3 is 0 Å². The van der Waals surface area contributed by atoms with Gasteiger partial charge in [0.05, 0.1) is 0 Å². The lowest BCUT2D eigenvalue weighted by Crippen LogP contribution is -2.36. The number of hydrogen-bond acceptors (Lipinski definition) is 2. The first-order chi connectivity index (χ1) is 12.5. The first-order valence-corrected chi connectivity index (χ1v) is 8.58. The Labute approximate surface area is 153 Å². The molecule has 126 valence electrons. The molecule has 0 heterocycles.